The molecule has 0 bridgehead atoms. The van der Waals surface area contributed by atoms with Crippen LogP contribution in [0.2, 0.25) is 0 Å². The smallest absolute Gasteiger partial charge is 0.329 e. The minimum atomic E-state index is -0.873. The summed E-state index contributed by atoms with van der Waals surface area (Å²) in [5.74, 6) is -1.25. The Kier molecular flexibility index (Phi) is 9.24. The van der Waals surface area contributed by atoms with Crippen molar-refractivity contribution in [1.29, 1.82) is 0 Å². The number of carbonyl (C=O) groups is 3. The summed E-state index contributed by atoms with van der Waals surface area (Å²) >= 11 is 3.33. The largest absolute Gasteiger partial charge is 0.454 e. The molecule has 0 saturated carbocycles. The van der Waals surface area contributed by atoms with Crippen molar-refractivity contribution >= 4 is 39.4 Å². The molecular formula is C24H29BrN2O4. The standard InChI is InChI=1S/C24H29BrN2O4/c1-5-16(4)17-10-12-18(13-11-17)26-21(28)14-31-24(30)22(15(2)3)27-23(29)19-8-6-7-9-20(19)25/h6-13,15-16,22H,5,14H2,1-4H3,(H,26,28)(H,27,29)/t16?,22-/m0/s1. The van der Waals surface area contributed by atoms with Gasteiger partial charge in [-0.25, -0.2) is 4.79 Å². The van der Waals surface area contributed by atoms with Gasteiger partial charge in [-0.05, 0) is 64.0 Å². The molecule has 0 aromatic heterocycles. The normalized spacial score (nSPS) is 12.7. The van der Waals surface area contributed by atoms with Crippen molar-refractivity contribution < 1.29 is 19.1 Å². The predicted molar refractivity (Wildman–Crippen MR) is 125 cm³/mol. The molecule has 0 spiro atoms. The van der Waals surface area contributed by atoms with Crippen molar-refractivity contribution in [2.45, 2.75) is 46.1 Å². The van der Waals surface area contributed by atoms with Gasteiger partial charge >= 0.3 is 5.97 Å². The maximum absolute atomic E-state index is 12.5. The van der Waals surface area contributed by atoms with Crippen LogP contribution in [0, 0.1) is 5.92 Å². The molecule has 6 nitrogen and oxygen atoms in total. The number of ether oxygens (including phenoxy) is 1. The summed E-state index contributed by atoms with van der Waals surface area (Å²) in [7, 11) is 0. The Morgan fingerprint density at radius 1 is 1.00 bits per heavy atom. The summed E-state index contributed by atoms with van der Waals surface area (Å²) in [6.07, 6.45) is 1.04. The number of anilines is 1. The fraction of sp³-hybridized carbons (Fsp3) is 0.375. The van der Waals surface area contributed by atoms with Gasteiger partial charge in [0.15, 0.2) is 6.61 Å². The maximum atomic E-state index is 12.5. The number of esters is 1. The Balaban J connectivity index is 1.91. The van der Waals surface area contributed by atoms with Crippen molar-refractivity contribution in [2.24, 2.45) is 5.92 Å². The fourth-order valence-electron chi connectivity index (χ4n) is 2.92. The van der Waals surface area contributed by atoms with Gasteiger partial charge in [-0.2, -0.15) is 0 Å². The van der Waals surface area contributed by atoms with E-state index in [1.807, 2.05) is 24.3 Å². The highest BCUT2D eigenvalue weighted by atomic mass is 79.9. The highest BCUT2D eigenvalue weighted by molar-refractivity contribution is 9.10. The van der Waals surface area contributed by atoms with Crippen molar-refractivity contribution in [3.63, 3.8) is 0 Å². The van der Waals surface area contributed by atoms with Crippen LogP contribution in [-0.4, -0.2) is 30.4 Å². The third-order valence-electron chi connectivity index (χ3n) is 5.05. The van der Waals surface area contributed by atoms with Crippen LogP contribution < -0.4 is 10.6 Å². The predicted octanol–water partition coefficient (Wildman–Crippen LogP) is 4.90. The van der Waals surface area contributed by atoms with Gasteiger partial charge < -0.3 is 15.4 Å². The highest BCUT2D eigenvalue weighted by Crippen LogP contribution is 2.20. The Morgan fingerprint density at radius 3 is 2.23 bits per heavy atom. The molecule has 2 rings (SSSR count). The average Bonchev–Trinajstić information content (AvgIpc) is 2.75. The average molecular weight is 489 g/mol. The number of hydrogen-bond donors (Lipinski definition) is 2. The molecule has 2 aromatic carbocycles. The Bertz CT molecular complexity index is 912. The summed E-state index contributed by atoms with van der Waals surface area (Å²) < 4.78 is 5.80. The van der Waals surface area contributed by atoms with E-state index >= 15 is 0 Å². The molecule has 7 heteroatoms. The van der Waals surface area contributed by atoms with Gasteiger partial charge in [-0.1, -0.05) is 52.0 Å². The van der Waals surface area contributed by atoms with Crippen molar-refractivity contribution in [1.82, 2.24) is 5.32 Å². The van der Waals surface area contributed by atoms with Gasteiger partial charge in [0.2, 0.25) is 0 Å². The molecule has 166 valence electrons. The van der Waals surface area contributed by atoms with Gasteiger partial charge in [0, 0.05) is 10.2 Å². The van der Waals surface area contributed by atoms with E-state index in [0.29, 0.717) is 21.6 Å². The second-order valence-corrected chi connectivity index (χ2v) is 8.62. The minimum absolute atomic E-state index is 0.213. The van der Waals surface area contributed by atoms with E-state index in [-0.39, 0.29) is 5.92 Å². The van der Waals surface area contributed by atoms with E-state index in [1.54, 1.807) is 38.1 Å². The molecule has 2 amide bonds. The van der Waals surface area contributed by atoms with Gasteiger partial charge in [-0.15, -0.1) is 0 Å². The first-order valence-corrected chi connectivity index (χ1v) is 11.1. The van der Waals surface area contributed by atoms with Gasteiger partial charge in [0.05, 0.1) is 5.56 Å². The monoisotopic (exact) mass is 488 g/mol. The van der Waals surface area contributed by atoms with E-state index in [1.165, 1.54) is 5.56 Å². The Labute approximate surface area is 191 Å². The maximum Gasteiger partial charge on any atom is 0.329 e. The number of benzene rings is 2. The third-order valence-corrected chi connectivity index (χ3v) is 5.74. The van der Waals surface area contributed by atoms with Crippen LogP contribution in [-0.2, 0) is 14.3 Å². The van der Waals surface area contributed by atoms with Crippen LogP contribution in [0.1, 0.15) is 56.0 Å². The number of carbonyl (C=O) groups excluding carboxylic acids is 3. The Hall–Kier alpha value is -2.67. The molecule has 2 atom stereocenters. The second kappa shape index (κ2) is 11.6. The lowest BCUT2D eigenvalue weighted by Gasteiger charge is -2.21. The third kappa shape index (κ3) is 7.21. The van der Waals surface area contributed by atoms with E-state index in [0.717, 1.165) is 6.42 Å². The van der Waals surface area contributed by atoms with E-state index in [2.05, 4.69) is 40.4 Å². The molecule has 2 N–H and O–H groups in total. The minimum Gasteiger partial charge on any atom is -0.454 e. The van der Waals surface area contributed by atoms with E-state index in [9.17, 15) is 14.4 Å². The van der Waals surface area contributed by atoms with Crippen molar-refractivity contribution in [3.05, 3.63) is 64.1 Å². The fourth-order valence-corrected chi connectivity index (χ4v) is 3.38. The first-order valence-electron chi connectivity index (χ1n) is 10.3. The molecule has 1 unspecified atom stereocenters. The molecule has 31 heavy (non-hydrogen) atoms. The van der Waals surface area contributed by atoms with Crippen LogP contribution in [0.3, 0.4) is 0 Å². The van der Waals surface area contributed by atoms with Crippen LogP contribution in [0.15, 0.2) is 53.0 Å². The number of nitrogens with one attached hydrogen (secondary N) is 2. The first kappa shape index (κ1) is 24.6. The molecular weight excluding hydrogens is 460 g/mol. The molecule has 0 saturated heterocycles. The number of rotatable bonds is 9. The van der Waals surface area contributed by atoms with Crippen LogP contribution in [0.5, 0.6) is 0 Å². The number of halogens is 1. The molecule has 0 fully saturated rings. The van der Waals surface area contributed by atoms with E-state index < -0.39 is 30.4 Å². The Morgan fingerprint density at radius 2 is 1.65 bits per heavy atom. The van der Waals surface area contributed by atoms with Crippen molar-refractivity contribution in [2.75, 3.05) is 11.9 Å². The van der Waals surface area contributed by atoms with Gasteiger partial charge in [0.25, 0.3) is 11.8 Å². The molecule has 0 aliphatic heterocycles. The van der Waals surface area contributed by atoms with Crippen molar-refractivity contribution in [3.8, 4) is 0 Å². The lowest BCUT2D eigenvalue weighted by Crippen LogP contribution is -2.46. The van der Waals surface area contributed by atoms with Crippen LogP contribution >= 0.6 is 15.9 Å². The lowest BCUT2D eigenvalue weighted by atomic mass is 9.99. The highest BCUT2D eigenvalue weighted by Gasteiger charge is 2.27. The molecule has 0 radical (unpaired) electrons. The first-order chi connectivity index (χ1) is 14.7. The SMILES string of the molecule is CCC(C)c1ccc(NC(=O)COC(=O)[C@@H](NC(=O)c2ccccc2Br)C(C)C)cc1. The molecule has 0 aliphatic carbocycles. The van der Waals surface area contributed by atoms with Crippen LogP contribution in [0.25, 0.3) is 0 Å². The topological polar surface area (TPSA) is 84.5 Å². The number of amides is 2. The van der Waals surface area contributed by atoms with E-state index in [4.69, 9.17) is 4.74 Å². The zero-order valence-electron chi connectivity index (χ0n) is 18.3. The summed E-state index contributed by atoms with van der Waals surface area (Å²) in [6.45, 7) is 7.43. The summed E-state index contributed by atoms with van der Waals surface area (Å²) in [6, 6.07) is 13.7. The molecule has 0 heterocycles. The zero-order valence-corrected chi connectivity index (χ0v) is 19.9. The lowest BCUT2D eigenvalue weighted by molar-refractivity contribution is -0.150. The molecule has 2 aromatic rings. The molecule has 0 aliphatic rings. The number of hydrogen-bond acceptors (Lipinski definition) is 4. The van der Waals surface area contributed by atoms with Crippen LogP contribution in [0.4, 0.5) is 5.69 Å². The summed E-state index contributed by atoms with van der Waals surface area (Å²) in [5.41, 5.74) is 2.25. The zero-order chi connectivity index (χ0) is 23.0. The van der Waals surface area contributed by atoms with Gasteiger partial charge in [0.1, 0.15) is 6.04 Å². The second-order valence-electron chi connectivity index (χ2n) is 7.76. The quantitative estimate of drug-likeness (QED) is 0.491. The van der Waals surface area contributed by atoms with Gasteiger partial charge in [-0.3, -0.25) is 9.59 Å². The summed E-state index contributed by atoms with van der Waals surface area (Å²) in [4.78, 5) is 37.2. The summed E-state index contributed by atoms with van der Waals surface area (Å²) in [5, 5.41) is 5.41.